The largest absolute Gasteiger partial charge is 0.399 e. The van der Waals surface area contributed by atoms with Crippen molar-refractivity contribution in [3.63, 3.8) is 0 Å². The van der Waals surface area contributed by atoms with Gasteiger partial charge < -0.3 is 38.7 Å². The van der Waals surface area contributed by atoms with E-state index in [2.05, 4.69) is 10.6 Å². The van der Waals surface area contributed by atoms with Gasteiger partial charge >= 0.3 is 0 Å². The molecule has 7 heteroatoms. The summed E-state index contributed by atoms with van der Waals surface area (Å²) in [6.07, 6.45) is 1.55. The Morgan fingerprint density at radius 1 is 0.767 bits per heavy atom. The van der Waals surface area contributed by atoms with Crippen LogP contribution in [0.1, 0.15) is 23.6 Å². The number of hydrogen-bond acceptors (Lipinski definition) is 7. The fourth-order valence-electron chi connectivity index (χ4n) is 3.44. The molecule has 0 saturated carbocycles. The number of aliphatic hydroxyl groups excluding tert-OH is 1. The number of aryl methyl sites for hydroxylation is 1. The van der Waals surface area contributed by atoms with Gasteiger partial charge in [0.05, 0.1) is 12.6 Å². The molecule has 3 aromatic rings. The Balaban J connectivity index is 1.80. The van der Waals surface area contributed by atoms with Crippen LogP contribution < -0.4 is 33.6 Å². The average Bonchev–Trinajstić information content (AvgIpc) is 2.72. The van der Waals surface area contributed by atoms with Crippen LogP contribution in [-0.2, 0) is 6.42 Å². The van der Waals surface area contributed by atoms with E-state index in [1.165, 1.54) is 0 Å². The van der Waals surface area contributed by atoms with E-state index in [9.17, 15) is 0 Å². The van der Waals surface area contributed by atoms with Crippen molar-refractivity contribution in [2.45, 2.75) is 18.9 Å². The Bertz CT molecular complexity index is 974. The van der Waals surface area contributed by atoms with Gasteiger partial charge in [-0.05, 0) is 72.5 Å². The maximum absolute atomic E-state index is 8.95. The number of nitrogens with two attached hydrogens (primary N) is 4. The van der Waals surface area contributed by atoms with Gasteiger partial charge in [-0.15, -0.1) is 0 Å². The molecule has 1 unspecified atom stereocenters. The molecule has 158 valence electrons. The van der Waals surface area contributed by atoms with Crippen molar-refractivity contribution in [2.75, 3.05) is 46.7 Å². The molecule has 0 fully saturated rings. The Kier molecular flexibility index (Phi) is 6.87. The molecule has 30 heavy (non-hydrogen) atoms. The summed E-state index contributed by atoms with van der Waals surface area (Å²) in [7, 11) is 0. The first-order valence-corrected chi connectivity index (χ1v) is 9.96. The maximum Gasteiger partial charge on any atom is 0.0604 e. The first kappa shape index (κ1) is 21.1. The Morgan fingerprint density at radius 2 is 1.40 bits per heavy atom. The number of nitrogen functional groups attached to an aromatic ring is 4. The summed E-state index contributed by atoms with van der Waals surface area (Å²) in [4.78, 5) is 0. The van der Waals surface area contributed by atoms with Crippen LogP contribution in [0, 0.1) is 0 Å². The van der Waals surface area contributed by atoms with Gasteiger partial charge in [0, 0.05) is 40.7 Å². The summed E-state index contributed by atoms with van der Waals surface area (Å²) < 4.78 is 0. The zero-order chi connectivity index (χ0) is 21.5. The van der Waals surface area contributed by atoms with E-state index >= 15 is 0 Å². The molecule has 1 atom stereocenters. The molecule has 0 amide bonds. The molecular weight excluding hydrogens is 376 g/mol. The second kappa shape index (κ2) is 9.76. The maximum atomic E-state index is 8.95. The van der Waals surface area contributed by atoms with E-state index in [0.29, 0.717) is 29.3 Å². The summed E-state index contributed by atoms with van der Waals surface area (Å²) in [5.74, 6) is 0. The third kappa shape index (κ3) is 5.48. The lowest BCUT2D eigenvalue weighted by Crippen LogP contribution is -2.14. The summed E-state index contributed by atoms with van der Waals surface area (Å²) in [6.45, 7) is 0.604. The fraction of sp³-hybridized carbons (Fsp3) is 0.217. The summed E-state index contributed by atoms with van der Waals surface area (Å²) in [5.41, 5.74) is 30.7. The van der Waals surface area contributed by atoms with E-state index in [0.717, 1.165) is 35.3 Å². The third-order valence-corrected chi connectivity index (χ3v) is 5.03. The van der Waals surface area contributed by atoms with Crippen LogP contribution in [0.3, 0.4) is 0 Å². The van der Waals surface area contributed by atoms with Crippen molar-refractivity contribution in [2.24, 2.45) is 0 Å². The topological polar surface area (TPSA) is 148 Å². The van der Waals surface area contributed by atoms with E-state index in [1.54, 1.807) is 12.1 Å². The molecule has 0 aromatic heterocycles. The van der Waals surface area contributed by atoms with Crippen LogP contribution in [0.4, 0.5) is 34.1 Å². The zero-order valence-electron chi connectivity index (χ0n) is 16.9. The molecule has 0 aliphatic rings. The van der Waals surface area contributed by atoms with Crippen LogP contribution in [0.5, 0.6) is 0 Å². The van der Waals surface area contributed by atoms with Crippen LogP contribution in [0.25, 0.3) is 0 Å². The summed E-state index contributed by atoms with van der Waals surface area (Å²) in [5, 5.41) is 15.7. The minimum Gasteiger partial charge on any atom is -0.399 e. The lowest BCUT2D eigenvalue weighted by molar-refractivity contribution is 0.311. The van der Waals surface area contributed by atoms with Gasteiger partial charge in [-0.3, -0.25) is 0 Å². The molecule has 0 aliphatic heterocycles. The highest BCUT2D eigenvalue weighted by molar-refractivity contribution is 5.61. The molecule has 0 aliphatic carbocycles. The van der Waals surface area contributed by atoms with E-state index in [4.69, 9.17) is 28.0 Å². The van der Waals surface area contributed by atoms with Crippen molar-refractivity contribution >= 4 is 34.1 Å². The first-order chi connectivity index (χ1) is 14.5. The molecular formula is C23H30N6O. The standard InChI is InChI=1S/C23H30N6O/c24-16-3-1-15(21(26)13-16)2-10-23(20-9-4-17(25)14-22(20)27)29-19-7-5-18(6-8-19)28-11-12-30/h1,3-9,13-14,23,28-30H,2,10-12,24-27H2. The number of nitrogens with one attached hydrogen (secondary N) is 2. The Morgan fingerprint density at radius 3 is 2.03 bits per heavy atom. The van der Waals surface area contributed by atoms with Gasteiger partial charge in [0.2, 0.25) is 0 Å². The SMILES string of the molecule is Nc1ccc(CCC(Nc2ccc(NCCO)cc2)c2ccc(N)cc2N)c(N)c1. The summed E-state index contributed by atoms with van der Waals surface area (Å²) >= 11 is 0. The number of anilines is 6. The van der Waals surface area contributed by atoms with Gasteiger partial charge in [0.15, 0.2) is 0 Å². The van der Waals surface area contributed by atoms with Crippen LogP contribution >= 0.6 is 0 Å². The number of hydrogen-bond donors (Lipinski definition) is 7. The molecule has 0 bridgehead atoms. The molecule has 0 heterocycles. The molecule has 0 saturated heterocycles. The number of aliphatic hydroxyl groups is 1. The van der Waals surface area contributed by atoms with E-state index < -0.39 is 0 Å². The normalized spacial score (nSPS) is 11.8. The van der Waals surface area contributed by atoms with Gasteiger partial charge in [0.1, 0.15) is 0 Å². The van der Waals surface area contributed by atoms with Gasteiger partial charge in [-0.25, -0.2) is 0 Å². The minimum atomic E-state index is -0.0289. The monoisotopic (exact) mass is 406 g/mol. The van der Waals surface area contributed by atoms with Gasteiger partial charge in [0.25, 0.3) is 0 Å². The van der Waals surface area contributed by atoms with Crippen molar-refractivity contribution in [1.29, 1.82) is 0 Å². The average molecular weight is 407 g/mol. The fourth-order valence-corrected chi connectivity index (χ4v) is 3.44. The van der Waals surface area contributed by atoms with E-state index in [-0.39, 0.29) is 12.6 Å². The molecule has 0 spiro atoms. The second-order valence-electron chi connectivity index (χ2n) is 7.31. The van der Waals surface area contributed by atoms with Crippen molar-refractivity contribution < 1.29 is 5.11 Å². The van der Waals surface area contributed by atoms with Crippen molar-refractivity contribution in [1.82, 2.24) is 0 Å². The third-order valence-electron chi connectivity index (χ3n) is 5.03. The van der Waals surface area contributed by atoms with Gasteiger partial charge in [-0.1, -0.05) is 12.1 Å². The molecule has 7 nitrogen and oxygen atoms in total. The highest BCUT2D eigenvalue weighted by atomic mass is 16.3. The van der Waals surface area contributed by atoms with E-state index in [1.807, 2.05) is 48.5 Å². The second-order valence-corrected chi connectivity index (χ2v) is 7.31. The first-order valence-electron chi connectivity index (χ1n) is 9.96. The molecule has 3 rings (SSSR count). The van der Waals surface area contributed by atoms with Crippen LogP contribution in [0.15, 0.2) is 60.7 Å². The molecule has 3 aromatic carbocycles. The zero-order valence-corrected chi connectivity index (χ0v) is 16.9. The predicted octanol–water partition coefficient (Wildman–Crippen LogP) is 3.21. The highest BCUT2D eigenvalue weighted by Crippen LogP contribution is 2.31. The minimum absolute atomic E-state index is 0.0289. The number of benzene rings is 3. The smallest absolute Gasteiger partial charge is 0.0604 e. The summed E-state index contributed by atoms with van der Waals surface area (Å²) in [6, 6.07) is 19.1. The lowest BCUT2D eigenvalue weighted by Gasteiger charge is -2.23. The van der Waals surface area contributed by atoms with Gasteiger partial charge in [-0.2, -0.15) is 0 Å². The highest BCUT2D eigenvalue weighted by Gasteiger charge is 2.16. The van der Waals surface area contributed by atoms with Crippen molar-refractivity contribution in [3.05, 3.63) is 71.8 Å². The Labute approximate surface area is 177 Å². The predicted molar refractivity (Wildman–Crippen MR) is 127 cm³/mol. The lowest BCUT2D eigenvalue weighted by atomic mass is 9.96. The van der Waals surface area contributed by atoms with Crippen molar-refractivity contribution in [3.8, 4) is 0 Å². The van der Waals surface area contributed by atoms with Crippen LogP contribution in [-0.4, -0.2) is 18.3 Å². The van der Waals surface area contributed by atoms with Crippen LogP contribution in [0.2, 0.25) is 0 Å². The molecule has 11 N–H and O–H groups in total. The molecule has 0 radical (unpaired) electrons. The Hall–Kier alpha value is -3.58. The quantitative estimate of drug-likeness (QED) is 0.270. The number of rotatable bonds is 9.